The molecule has 1 N–H and O–H groups in total. The molecule has 1 aliphatic rings. The normalized spacial score (nSPS) is 14.2. The SMILES string of the molecule is CCCN(C(=O)c1csc(Cc2ccccc2)n1)C1CCNCC1.Cl.Cl. The minimum atomic E-state index is 0. The van der Waals surface area contributed by atoms with Crippen LogP contribution in [0.5, 0.6) is 0 Å². The van der Waals surface area contributed by atoms with Crippen molar-refractivity contribution in [1.29, 1.82) is 0 Å². The summed E-state index contributed by atoms with van der Waals surface area (Å²) >= 11 is 1.58. The van der Waals surface area contributed by atoms with Crippen LogP contribution in [0.2, 0.25) is 0 Å². The molecule has 0 atom stereocenters. The molecule has 26 heavy (non-hydrogen) atoms. The number of aromatic nitrogens is 1. The van der Waals surface area contributed by atoms with Crippen LogP contribution in [0.4, 0.5) is 0 Å². The topological polar surface area (TPSA) is 45.2 Å². The highest BCUT2D eigenvalue weighted by atomic mass is 35.5. The molecule has 7 heteroatoms. The predicted octanol–water partition coefficient (Wildman–Crippen LogP) is 4.18. The van der Waals surface area contributed by atoms with Gasteiger partial charge in [-0.2, -0.15) is 0 Å². The second-order valence-electron chi connectivity index (χ2n) is 6.27. The third-order valence-electron chi connectivity index (χ3n) is 4.44. The molecule has 0 bridgehead atoms. The van der Waals surface area contributed by atoms with Gasteiger partial charge in [-0.05, 0) is 37.9 Å². The van der Waals surface area contributed by atoms with Crippen LogP contribution in [0, 0.1) is 0 Å². The first-order valence-corrected chi connectivity index (χ1v) is 9.66. The van der Waals surface area contributed by atoms with Crippen LogP contribution < -0.4 is 5.32 Å². The first-order chi connectivity index (χ1) is 11.8. The highest BCUT2D eigenvalue weighted by Gasteiger charge is 2.26. The van der Waals surface area contributed by atoms with Crippen LogP contribution in [0.3, 0.4) is 0 Å². The number of carbonyl (C=O) groups is 1. The lowest BCUT2D eigenvalue weighted by Gasteiger charge is -2.34. The van der Waals surface area contributed by atoms with Gasteiger partial charge in [-0.25, -0.2) is 4.98 Å². The van der Waals surface area contributed by atoms with Gasteiger partial charge in [-0.1, -0.05) is 37.3 Å². The van der Waals surface area contributed by atoms with E-state index in [2.05, 4.69) is 29.4 Å². The summed E-state index contributed by atoms with van der Waals surface area (Å²) in [4.78, 5) is 19.6. The molecule has 0 radical (unpaired) electrons. The van der Waals surface area contributed by atoms with Gasteiger partial charge in [0.1, 0.15) is 5.69 Å². The predicted molar refractivity (Wildman–Crippen MR) is 113 cm³/mol. The largest absolute Gasteiger partial charge is 0.334 e. The van der Waals surface area contributed by atoms with Crippen LogP contribution in [0.1, 0.15) is 47.2 Å². The average Bonchev–Trinajstić information content (AvgIpc) is 3.09. The monoisotopic (exact) mass is 415 g/mol. The van der Waals surface area contributed by atoms with Crippen LogP contribution in [-0.2, 0) is 6.42 Å². The molecule has 1 fully saturated rings. The van der Waals surface area contributed by atoms with Crippen molar-refractivity contribution in [2.24, 2.45) is 0 Å². The third-order valence-corrected chi connectivity index (χ3v) is 5.29. The lowest BCUT2D eigenvalue weighted by molar-refractivity contribution is 0.0637. The Morgan fingerprint density at radius 3 is 2.58 bits per heavy atom. The number of hydrogen-bond acceptors (Lipinski definition) is 4. The molecule has 144 valence electrons. The van der Waals surface area contributed by atoms with Gasteiger partial charge < -0.3 is 10.2 Å². The second kappa shape index (κ2) is 11.5. The number of amides is 1. The Balaban J connectivity index is 0.00000169. The number of halogens is 2. The molecular weight excluding hydrogens is 389 g/mol. The molecule has 1 saturated heterocycles. The van der Waals surface area contributed by atoms with Gasteiger partial charge in [-0.3, -0.25) is 4.79 Å². The molecule has 1 aliphatic heterocycles. The van der Waals surface area contributed by atoms with Crippen molar-refractivity contribution < 1.29 is 4.79 Å². The van der Waals surface area contributed by atoms with Crippen LogP contribution in [0.15, 0.2) is 35.7 Å². The summed E-state index contributed by atoms with van der Waals surface area (Å²) in [5, 5.41) is 6.30. The molecule has 1 aromatic heterocycles. The van der Waals surface area contributed by atoms with Gasteiger partial charge in [0.25, 0.3) is 5.91 Å². The standard InChI is InChI=1S/C19H25N3OS.2ClH/c1-2-12-22(16-8-10-20-11-9-16)19(23)17-14-24-18(21-17)13-15-6-4-3-5-7-15;;/h3-7,14,16,20H,2,8-13H2,1H3;2*1H. The summed E-state index contributed by atoms with van der Waals surface area (Å²) in [5.74, 6) is 0.0966. The van der Waals surface area contributed by atoms with Gasteiger partial charge in [0.15, 0.2) is 0 Å². The first-order valence-electron chi connectivity index (χ1n) is 8.78. The van der Waals surface area contributed by atoms with E-state index in [4.69, 9.17) is 0 Å². The zero-order valence-corrected chi connectivity index (χ0v) is 17.5. The van der Waals surface area contributed by atoms with Crippen molar-refractivity contribution in [3.8, 4) is 0 Å². The number of rotatable bonds is 6. The summed E-state index contributed by atoms with van der Waals surface area (Å²) < 4.78 is 0. The van der Waals surface area contributed by atoms with Crippen molar-refractivity contribution in [3.05, 3.63) is 52.0 Å². The Kier molecular flexibility index (Phi) is 10.2. The summed E-state index contributed by atoms with van der Waals surface area (Å²) in [6, 6.07) is 10.6. The van der Waals surface area contributed by atoms with E-state index in [-0.39, 0.29) is 30.7 Å². The zero-order chi connectivity index (χ0) is 16.8. The molecule has 0 aliphatic carbocycles. The maximum absolute atomic E-state index is 12.9. The Labute approximate surface area is 172 Å². The van der Waals surface area contributed by atoms with Crippen molar-refractivity contribution in [2.75, 3.05) is 19.6 Å². The summed E-state index contributed by atoms with van der Waals surface area (Å²) in [6.45, 7) is 4.93. The molecule has 0 unspecified atom stereocenters. The molecule has 1 aromatic carbocycles. The molecule has 2 heterocycles. The average molecular weight is 416 g/mol. The number of hydrogen-bond donors (Lipinski definition) is 1. The number of benzene rings is 1. The summed E-state index contributed by atoms with van der Waals surface area (Å²) in [6.07, 6.45) is 3.84. The Morgan fingerprint density at radius 2 is 1.92 bits per heavy atom. The van der Waals surface area contributed by atoms with E-state index < -0.39 is 0 Å². The smallest absolute Gasteiger partial charge is 0.273 e. The quantitative estimate of drug-likeness (QED) is 0.769. The number of nitrogens with zero attached hydrogens (tertiary/aromatic N) is 2. The van der Waals surface area contributed by atoms with Gasteiger partial charge in [0, 0.05) is 24.4 Å². The lowest BCUT2D eigenvalue weighted by atomic mass is 10.0. The van der Waals surface area contributed by atoms with Gasteiger partial charge >= 0.3 is 0 Å². The Morgan fingerprint density at radius 1 is 1.23 bits per heavy atom. The molecule has 0 spiro atoms. The highest BCUT2D eigenvalue weighted by molar-refractivity contribution is 7.09. The fourth-order valence-electron chi connectivity index (χ4n) is 3.22. The van der Waals surface area contributed by atoms with Crippen LogP contribution >= 0.6 is 36.2 Å². The van der Waals surface area contributed by atoms with Gasteiger partial charge in [0.2, 0.25) is 0 Å². The highest BCUT2D eigenvalue weighted by Crippen LogP contribution is 2.19. The second-order valence-corrected chi connectivity index (χ2v) is 7.21. The van der Waals surface area contributed by atoms with E-state index in [0.717, 1.165) is 50.3 Å². The number of carbonyl (C=O) groups excluding carboxylic acids is 1. The number of nitrogens with one attached hydrogen (secondary N) is 1. The van der Waals surface area contributed by atoms with Crippen molar-refractivity contribution >= 4 is 42.1 Å². The van der Waals surface area contributed by atoms with Gasteiger partial charge in [0.05, 0.1) is 5.01 Å². The minimum absolute atomic E-state index is 0. The summed E-state index contributed by atoms with van der Waals surface area (Å²) in [7, 11) is 0. The number of piperidine rings is 1. The summed E-state index contributed by atoms with van der Waals surface area (Å²) in [5.41, 5.74) is 1.84. The fourth-order valence-corrected chi connectivity index (χ4v) is 4.02. The van der Waals surface area contributed by atoms with Crippen molar-refractivity contribution in [1.82, 2.24) is 15.2 Å². The Bertz CT molecular complexity index is 660. The number of thiazole rings is 1. The van der Waals surface area contributed by atoms with Crippen LogP contribution in [-0.4, -0.2) is 41.5 Å². The van der Waals surface area contributed by atoms with E-state index in [1.165, 1.54) is 5.56 Å². The maximum atomic E-state index is 12.9. The molecule has 0 saturated carbocycles. The van der Waals surface area contributed by atoms with E-state index in [1.54, 1.807) is 11.3 Å². The maximum Gasteiger partial charge on any atom is 0.273 e. The van der Waals surface area contributed by atoms with E-state index >= 15 is 0 Å². The minimum Gasteiger partial charge on any atom is -0.334 e. The molecule has 3 rings (SSSR count). The third kappa shape index (κ3) is 5.95. The molecule has 4 nitrogen and oxygen atoms in total. The first kappa shape index (κ1) is 22.9. The molecule has 2 aromatic rings. The van der Waals surface area contributed by atoms with Gasteiger partial charge in [-0.15, -0.1) is 36.2 Å². The zero-order valence-electron chi connectivity index (χ0n) is 15.0. The molecule has 1 amide bonds. The lowest BCUT2D eigenvalue weighted by Crippen LogP contribution is -2.46. The van der Waals surface area contributed by atoms with Crippen molar-refractivity contribution in [3.63, 3.8) is 0 Å². The van der Waals surface area contributed by atoms with Crippen molar-refractivity contribution in [2.45, 2.75) is 38.6 Å². The molecular formula is C19H27Cl2N3OS. The van der Waals surface area contributed by atoms with E-state index in [0.29, 0.717) is 11.7 Å². The van der Waals surface area contributed by atoms with E-state index in [9.17, 15) is 4.79 Å². The Hall–Kier alpha value is -1.14. The fraction of sp³-hybridized carbons (Fsp3) is 0.474. The van der Waals surface area contributed by atoms with Crippen LogP contribution in [0.25, 0.3) is 0 Å². The van der Waals surface area contributed by atoms with E-state index in [1.807, 2.05) is 28.5 Å².